The number of nitrogens with zero attached hydrogens (tertiary/aromatic N) is 1. The van der Waals surface area contributed by atoms with Crippen LogP contribution in [0.2, 0.25) is 0 Å². The number of nitrogens with one attached hydrogen (secondary N) is 1. The Labute approximate surface area is 141 Å². The fraction of sp³-hybridized carbons (Fsp3) is 0.235. The molecular formula is C17H19FN2O3S. The molecule has 0 aromatic heterocycles. The molecule has 0 saturated heterocycles. The van der Waals surface area contributed by atoms with Crippen molar-refractivity contribution in [3.63, 3.8) is 0 Å². The van der Waals surface area contributed by atoms with E-state index >= 15 is 0 Å². The second kappa shape index (κ2) is 7.44. The normalized spacial score (nSPS) is 11.1. The Morgan fingerprint density at radius 1 is 1.17 bits per heavy atom. The van der Waals surface area contributed by atoms with E-state index < -0.39 is 10.0 Å². The lowest BCUT2D eigenvalue weighted by molar-refractivity contribution is -0.116. The van der Waals surface area contributed by atoms with Gasteiger partial charge in [0.1, 0.15) is 5.82 Å². The molecule has 2 aromatic rings. The maximum atomic E-state index is 13.5. The van der Waals surface area contributed by atoms with Crippen molar-refractivity contribution in [3.05, 3.63) is 59.9 Å². The lowest BCUT2D eigenvalue weighted by Crippen LogP contribution is -2.24. The molecule has 1 amide bonds. The molecule has 7 heteroatoms. The van der Waals surface area contributed by atoms with Gasteiger partial charge in [0.05, 0.1) is 11.9 Å². The highest BCUT2D eigenvalue weighted by Crippen LogP contribution is 2.20. The van der Waals surface area contributed by atoms with E-state index in [0.29, 0.717) is 23.4 Å². The summed E-state index contributed by atoms with van der Waals surface area (Å²) in [6.45, 7) is 0. The minimum atomic E-state index is -3.37. The summed E-state index contributed by atoms with van der Waals surface area (Å²) in [6, 6.07) is 12.9. The standard InChI is InChI=1S/C17H19FN2O3S/c1-20(24(2,22)23)15-8-5-7-14(12-15)19-17(21)11-10-13-6-3-4-9-16(13)18/h3-9,12H,10-11H2,1-2H3,(H,19,21). The van der Waals surface area contributed by atoms with Crippen molar-refractivity contribution in [3.8, 4) is 0 Å². The van der Waals surface area contributed by atoms with Crippen LogP contribution in [0.1, 0.15) is 12.0 Å². The quantitative estimate of drug-likeness (QED) is 0.871. The zero-order chi connectivity index (χ0) is 17.7. The fourth-order valence-electron chi connectivity index (χ4n) is 2.14. The predicted octanol–water partition coefficient (Wildman–Crippen LogP) is 2.79. The topological polar surface area (TPSA) is 66.5 Å². The first-order valence-corrected chi connectivity index (χ1v) is 9.19. The summed E-state index contributed by atoms with van der Waals surface area (Å²) >= 11 is 0. The summed E-state index contributed by atoms with van der Waals surface area (Å²) in [6.07, 6.45) is 1.53. The SMILES string of the molecule is CN(c1cccc(NC(=O)CCc2ccccc2F)c1)S(C)(=O)=O. The minimum absolute atomic E-state index is 0.132. The first-order valence-electron chi connectivity index (χ1n) is 7.34. The number of hydrogen-bond donors (Lipinski definition) is 1. The molecule has 2 aromatic carbocycles. The summed E-state index contributed by atoms with van der Waals surface area (Å²) in [4.78, 5) is 12.0. The number of benzene rings is 2. The van der Waals surface area contributed by atoms with Gasteiger partial charge in [-0.15, -0.1) is 0 Å². The Morgan fingerprint density at radius 2 is 1.88 bits per heavy atom. The van der Waals surface area contributed by atoms with Gasteiger partial charge >= 0.3 is 0 Å². The summed E-state index contributed by atoms with van der Waals surface area (Å²) < 4.78 is 37.8. The van der Waals surface area contributed by atoms with Gasteiger partial charge in [-0.3, -0.25) is 9.10 Å². The summed E-state index contributed by atoms with van der Waals surface area (Å²) in [5, 5.41) is 2.70. The molecule has 0 spiro atoms. The third kappa shape index (κ3) is 4.79. The molecule has 0 aliphatic carbocycles. The van der Waals surface area contributed by atoms with E-state index in [0.717, 1.165) is 10.6 Å². The highest BCUT2D eigenvalue weighted by atomic mass is 32.2. The highest BCUT2D eigenvalue weighted by Gasteiger charge is 2.13. The largest absolute Gasteiger partial charge is 0.326 e. The van der Waals surface area contributed by atoms with Crippen LogP contribution >= 0.6 is 0 Å². The molecular weight excluding hydrogens is 331 g/mol. The summed E-state index contributed by atoms with van der Waals surface area (Å²) in [5.41, 5.74) is 1.42. The number of amides is 1. The van der Waals surface area contributed by atoms with Gasteiger partial charge < -0.3 is 5.32 Å². The molecule has 1 N–H and O–H groups in total. The van der Waals surface area contributed by atoms with Crippen LogP contribution < -0.4 is 9.62 Å². The Balaban J connectivity index is 2.01. The summed E-state index contributed by atoms with van der Waals surface area (Å²) in [5.74, 6) is -0.598. The molecule has 0 atom stereocenters. The fourth-order valence-corrected chi connectivity index (χ4v) is 2.64. The van der Waals surface area contributed by atoms with Crippen LogP contribution in [0.15, 0.2) is 48.5 Å². The molecule has 128 valence electrons. The van der Waals surface area contributed by atoms with Gasteiger partial charge in [-0.1, -0.05) is 24.3 Å². The molecule has 5 nitrogen and oxygen atoms in total. The van der Waals surface area contributed by atoms with E-state index in [1.165, 1.54) is 13.1 Å². The second-order valence-electron chi connectivity index (χ2n) is 5.42. The molecule has 24 heavy (non-hydrogen) atoms. The molecule has 0 saturated carbocycles. The van der Waals surface area contributed by atoms with Crippen molar-refractivity contribution in [1.29, 1.82) is 0 Å². The zero-order valence-electron chi connectivity index (χ0n) is 13.5. The van der Waals surface area contributed by atoms with Gasteiger partial charge in [0.25, 0.3) is 0 Å². The van der Waals surface area contributed by atoms with Gasteiger partial charge in [-0.25, -0.2) is 12.8 Å². The zero-order valence-corrected chi connectivity index (χ0v) is 14.3. The van der Waals surface area contributed by atoms with Crippen LogP contribution in [0, 0.1) is 5.82 Å². The van der Waals surface area contributed by atoms with Crippen LogP contribution in [0.5, 0.6) is 0 Å². The number of carbonyl (C=O) groups excluding carboxylic acids is 1. The third-order valence-electron chi connectivity index (χ3n) is 3.57. The Kier molecular flexibility index (Phi) is 5.56. The number of rotatable bonds is 6. The van der Waals surface area contributed by atoms with Gasteiger partial charge in [-0.05, 0) is 36.2 Å². The van der Waals surface area contributed by atoms with E-state index in [9.17, 15) is 17.6 Å². The number of carbonyl (C=O) groups is 1. The predicted molar refractivity (Wildman–Crippen MR) is 93.0 cm³/mol. The highest BCUT2D eigenvalue weighted by molar-refractivity contribution is 7.92. The second-order valence-corrected chi connectivity index (χ2v) is 7.43. The van der Waals surface area contributed by atoms with Crippen molar-refractivity contribution in [2.45, 2.75) is 12.8 Å². The average molecular weight is 350 g/mol. The first-order chi connectivity index (χ1) is 11.3. The van der Waals surface area contributed by atoms with Crippen molar-refractivity contribution in [2.24, 2.45) is 0 Å². The van der Waals surface area contributed by atoms with Gasteiger partial charge in [0.15, 0.2) is 0 Å². The Morgan fingerprint density at radius 3 is 2.54 bits per heavy atom. The van der Waals surface area contributed by atoms with Crippen LogP contribution in [0.25, 0.3) is 0 Å². The van der Waals surface area contributed by atoms with E-state index in [1.54, 1.807) is 42.5 Å². The van der Waals surface area contributed by atoms with E-state index in [-0.39, 0.29) is 18.1 Å². The monoisotopic (exact) mass is 350 g/mol. The number of hydrogen-bond acceptors (Lipinski definition) is 3. The maximum Gasteiger partial charge on any atom is 0.231 e. The van der Waals surface area contributed by atoms with Crippen molar-refractivity contribution in [1.82, 2.24) is 0 Å². The molecule has 0 bridgehead atoms. The summed E-state index contributed by atoms with van der Waals surface area (Å²) in [7, 11) is -1.93. The van der Waals surface area contributed by atoms with Crippen molar-refractivity contribution in [2.75, 3.05) is 22.9 Å². The van der Waals surface area contributed by atoms with Gasteiger partial charge in [0.2, 0.25) is 15.9 Å². The van der Waals surface area contributed by atoms with E-state index in [2.05, 4.69) is 5.32 Å². The van der Waals surface area contributed by atoms with Crippen LogP contribution in [-0.4, -0.2) is 27.6 Å². The van der Waals surface area contributed by atoms with Crippen molar-refractivity contribution >= 4 is 27.3 Å². The minimum Gasteiger partial charge on any atom is -0.326 e. The van der Waals surface area contributed by atoms with Crippen molar-refractivity contribution < 1.29 is 17.6 Å². The average Bonchev–Trinajstić information content (AvgIpc) is 2.53. The number of anilines is 2. The van der Waals surface area contributed by atoms with Crippen LogP contribution in [0.4, 0.5) is 15.8 Å². The lowest BCUT2D eigenvalue weighted by Gasteiger charge is -2.17. The first kappa shape index (κ1) is 17.9. The molecule has 0 radical (unpaired) electrons. The van der Waals surface area contributed by atoms with Crippen LogP contribution in [0.3, 0.4) is 0 Å². The molecule has 0 unspecified atom stereocenters. The number of aryl methyl sites for hydroxylation is 1. The maximum absolute atomic E-state index is 13.5. The molecule has 0 fully saturated rings. The molecule has 0 heterocycles. The Hall–Kier alpha value is -2.41. The number of sulfonamides is 1. The lowest BCUT2D eigenvalue weighted by atomic mass is 10.1. The number of halogens is 1. The van der Waals surface area contributed by atoms with E-state index in [1.807, 2.05) is 0 Å². The molecule has 0 aliphatic heterocycles. The van der Waals surface area contributed by atoms with E-state index in [4.69, 9.17) is 0 Å². The smallest absolute Gasteiger partial charge is 0.231 e. The van der Waals surface area contributed by atoms with Gasteiger partial charge in [-0.2, -0.15) is 0 Å². The molecule has 0 aliphatic rings. The Bertz CT molecular complexity index is 837. The third-order valence-corrected chi connectivity index (χ3v) is 4.78. The van der Waals surface area contributed by atoms with Crippen LogP contribution in [-0.2, 0) is 21.2 Å². The molecule has 2 rings (SSSR count). The van der Waals surface area contributed by atoms with Gasteiger partial charge in [0, 0.05) is 19.2 Å².